The Morgan fingerprint density at radius 2 is 1.27 bits per heavy atom. The standard InChI is InChI=1S/C28H25BrN4O4/c1-16-23(27(35)32(30-16)19-10-6-4-7-11-19)25(18-14-21(29)26(34)22(15-18)37-3)24-17(2)31-33(28(24)36)20-12-8-5-9-13-20/h4-15,25,30-31,34H,1-3H3. The lowest BCUT2D eigenvalue weighted by Crippen LogP contribution is -2.25. The molecule has 188 valence electrons. The van der Waals surface area contributed by atoms with E-state index in [1.54, 1.807) is 12.1 Å². The summed E-state index contributed by atoms with van der Waals surface area (Å²) >= 11 is 3.40. The van der Waals surface area contributed by atoms with E-state index in [0.29, 0.717) is 43.9 Å². The Kier molecular flexibility index (Phi) is 6.39. The number of hydrogen-bond donors (Lipinski definition) is 3. The molecule has 0 unspecified atom stereocenters. The highest BCUT2D eigenvalue weighted by Crippen LogP contribution is 2.41. The zero-order valence-corrected chi connectivity index (χ0v) is 22.0. The fraction of sp³-hybridized carbons (Fsp3) is 0.143. The molecule has 2 heterocycles. The number of benzene rings is 3. The van der Waals surface area contributed by atoms with Gasteiger partial charge < -0.3 is 9.84 Å². The number of phenols is 1. The molecular weight excluding hydrogens is 536 g/mol. The van der Waals surface area contributed by atoms with Gasteiger partial charge in [0.25, 0.3) is 11.1 Å². The summed E-state index contributed by atoms with van der Waals surface area (Å²) < 4.78 is 8.73. The molecule has 5 rings (SSSR count). The minimum atomic E-state index is -0.756. The predicted octanol–water partition coefficient (Wildman–Crippen LogP) is 4.92. The summed E-state index contributed by atoms with van der Waals surface area (Å²) in [5.74, 6) is -0.597. The summed E-state index contributed by atoms with van der Waals surface area (Å²) in [6, 6.07) is 21.9. The normalized spacial score (nSPS) is 11.3. The first-order valence-corrected chi connectivity index (χ1v) is 12.4. The lowest BCUT2D eigenvalue weighted by molar-refractivity contribution is 0.371. The van der Waals surface area contributed by atoms with Crippen LogP contribution in [0, 0.1) is 13.8 Å². The molecule has 3 aromatic carbocycles. The van der Waals surface area contributed by atoms with Gasteiger partial charge >= 0.3 is 0 Å². The van der Waals surface area contributed by atoms with Gasteiger partial charge in [0, 0.05) is 17.3 Å². The molecule has 0 amide bonds. The van der Waals surface area contributed by atoms with E-state index in [9.17, 15) is 14.7 Å². The summed E-state index contributed by atoms with van der Waals surface area (Å²) in [5.41, 5.74) is 3.49. The predicted molar refractivity (Wildman–Crippen MR) is 146 cm³/mol. The molecule has 5 aromatic rings. The SMILES string of the molecule is COc1cc(C(c2c(C)[nH]n(-c3ccccc3)c2=O)c2c(C)[nH]n(-c3ccccc3)c2=O)cc(Br)c1O. The molecule has 0 aliphatic heterocycles. The highest BCUT2D eigenvalue weighted by atomic mass is 79.9. The summed E-state index contributed by atoms with van der Waals surface area (Å²) in [5, 5.41) is 16.8. The van der Waals surface area contributed by atoms with Crippen molar-refractivity contribution in [2.75, 3.05) is 7.11 Å². The molecule has 37 heavy (non-hydrogen) atoms. The molecule has 3 N–H and O–H groups in total. The lowest BCUT2D eigenvalue weighted by atomic mass is 9.85. The maximum Gasteiger partial charge on any atom is 0.275 e. The van der Waals surface area contributed by atoms with Crippen LogP contribution in [0.4, 0.5) is 0 Å². The van der Waals surface area contributed by atoms with E-state index in [1.165, 1.54) is 16.5 Å². The molecule has 0 aliphatic rings. The average Bonchev–Trinajstić information content (AvgIpc) is 3.37. The third-order valence-electron chi connectivity index (χ3n) is 6.44. The van der Waals surface area contributed by atoms with Gasteiger partial charge in [-0.2, -0.15) is 0 Å². The molecule has 0 aliphatic carbocycles. The molecule has 0 radical (unpaired) electrons. The van der Waals surface area contributed by atoms with Crippen molar-refractivity contribution in [3.05, 3.63) is 126 Å². The molecule has 0 saturated carbocycles. The van der Waals surface area contributed by atoms with Gasteiger partial charge in [-0.3, -0.25) is 19.8 Å². The molecule has 0 fully saturated rings. The van der Waals surface area contributed by atoms with Gasteiger partial charge in [-0.25, -0.2) is 9.36 Å². The monoisotopic (exact) mass is 560 g/mol. The van der Waals surface area contributed by atoms with Crippen molar-refractivity contribution in [2.24, 2.45) is 0 Å². The third kappa shape index (κ3) is 4.21. The number of rotatable bonds is 6. The summed E-state index contributed by atoms with van der Waals surface area (Å²) in [6.07, 6.45) is 0. The van der Waals surface area contributed by atoms with Gasteiger partial charge in [0.05, 0.1) is 34.1 Å². The van der Waals surface area contributed by atoms with Crippen LogP contribution in [0.25, 0.3) is 11.4 Å². The zero-order valence-electron chi connectivity index (χ0n) is 20.4. The van der Waals surface area contributed by atoms with Crippen LogP contribution in [0.5, 0.6) is 11.5 Å². The van der Waals surface area contributed by atoms with E-state index in [2.05, 4.69) is 26.1 Å². The van der Waals surface area contributed by atoms with Gasteiger partial charge in [0.1, 0.15) is 0 Å². The van der Waals surface area contributed by atoms with E-state index in [0.717, 1.165) is 0 Å². The lowest BCUT2D eigenvalue weighted by Gasteiger charge is -2.18. The number of para-hydroxylation sites is 2. The second-order valence-electron chi connectivity index (χ2n) is 8.74. The van der Waals surface area contributed by atoms with Gasteiger partial charge in [0.2, 0.25) is 0 Å². The van der Waals surface area contributed by atoms with Gasteiger partial charge in [-0.1, -0.05) is 36.4 Å². The first kappa shape index (κ1) is 24.5. The van der Waals surface area contributed by atoms with Gasteiger partial charge in [-0.05, 0) is 71.7 Å². The topological polar surface area (TPSA) is 105 Å². The molecular formula is C28H25BrN4O4. The number of nitrogens with one attached hydrogen (secondary N) is 2. The van der Waals surface area contributed by atoms with Crippen LogP contribution in [0.3, 0.4) is 0 Å². The number of aromatic hydroxyl groups is 1. The van der Waals surface area contributed by atoms with Crippen molar-refractivity contribution in [3.8, 4) is 22.9 Å². The minimum Gasteiger partial charge on any atom is -0.503 e. The van der Waals surface area contributed by atoms with Crippen molar-refractivity contribution in [3.63, 3.8) is 0 Å². The fourth-order valence-electron chi connectivity index (χ4n) is 4.71. The van der Waals surface area contributed by atoms with Crippen LogP contribution in [0.15, 0.2) is 86.9 Å². The molecule has 2 aromatic heterocycles. The van der Waals surface area contributed by atoms with Crippen molar-refractivity contribution in [1.29, 1.82) is 0 Å². The number of aromatic nitrogens is 4. The highest BCUT2D eigenvalue weighted by molar-refractivity contribution is 9.10. The number of aryl methyl sites for hydroxylation is 2. The second-order valence-corrected chi connectivity index (χ2v) is 9.59. The highest BCUT2D eigenvalue weighted by Gasteiger charge is 2.32. The van der Waals surface area contributed by atoms with E-state index >= 15 is 0 Å². The Hall–Kier alpha value is -4.24. The van der Waals surface area contributed by atoms with Gasteiger partial charge in [0.15, 0.2) is 11.5 Å². The van der Waals surface area contributed by atoms with Crippen molar-refractivity contribution >= 4 is 15.9 Å². The van der Waals surface area contributed by atoms with Crippen LogP contribution in [0.2, 0.25) is 0 Å². The molecule has 9 heteroatoms. The number of methoxy groups -OCH3 is 1. The van der Waals surface area contributed by atoms with E-state index in [4.69, 9.17) is 4.74 Å². The fourth-order valence-corrected chi connectivity index (χ4v) is 5.17. The molecule has 8 nitrogen and oxygen atoms in total. The number of ether oxygens (including phenoxy) is 1. The number of hydrogen-bond acceptors (Lipinski definition) is 4. The van der Waals surface area contributed by atoms with Crippen molar-refractivity contribution in [1.82, 2.24) is 19.6 Å². The Morgan fingerprint density at radius 1 is 0.811 bits per heavy atom. The second kappa shape index (κ2) is 9.67. The van der Waals surface area contributed by atoms with E-state index in [-0.39, 0.29) is 22.6 Å². The van der Waals surface area contributed by atoms with Crippen LogP contribution in [-0.2, 0) is 0 Å². The Labute approximate surface area is 220 Å². The van der Waals surface area contributed by atoms with E-state index in [1.807, 2.05) is 74.5 Å². The van der Waals surface area contributed by atoms with Crippen LogP contribution in [0.1, 0.15) is 34.0 Å². The van der Waals surface area contributed by atoms with Crippen molar-refractivity contribution in [2.45, 2.75) is 19.8 Å². The summed E-state index contributed by atoms with van der Waals surface area (Å²) in [7, 11) is 1.45. The van der Waals surface area contributed by atoms with Gasteiger partial charge in [-0.15, -0.1) is 0 Å². The number of H-pyrrole nitrogens is 2. The molecule has 0 spiro atoms. The Morgan fingerprint density at radius 3 is 1.70 bits per heavy atom. The Balaban J connectivity index is 1.82. The number of phenolic OH excluding ortho intramolecular Hbond substituents is 1. The van der Waals surface area contributed by atoms with Crippen LogP contribution in [-0.4, -0.2) is 31.8 Å². The smallest absolute Gasteiger partial charge is 0.275 e. The first-order valence-electron chi connectivity index (χ1n) is 11.6. The summed E-state index contributed by atoms with van der Waals surface area (Å²) in [4.78, 5) is 27.8. The first-order chi connectivity index (χ1) is 17.8. The Bertz CT molecular complexity index is 1600. The zero-order chi connectivity index (χ0) is 26.3. The molecule has 0 bridgehead atoms. The quantitative estimate of drug-likeness (QED) is 0.274. The van der Waals surface area contributed by atoms with Crippen LogP contribution >= 0.6 is 15.9 Å². The third-order valence-corrected chi connectivity index (χ3v) is 7.05. The number of nitrogens with zero attached hydrogens (tertiary/aromatic N) is 2. The maximum atomic E-state index is 13.9. The van der Waals surface area contributed by atoms with E-state index < -0.39 is 5.92 Å². The minimum absolute atomic E-state index is 0.0648. The molecule has 0 saturated heterocycles. The van der Waals surface area contributed by atoms with Crippen molar-refractivity contribution < 1.29 is 9.84 Å². The largest absolute Gasteiger partial charge is 0.503 e. The molecule has 0 atom stereocenters. The van der Waals surface area contributed by atoms with Crippen LogP contribution < -0.4 is 15.9 Å². The summed E-state index contributed by atoms with van der Waals surface area (Å²) in [6.45, 7) is 3.63. The number of halogens is 1. The average molecular weight is 561 g/mol. The number of aromatic amines is 2. The maximum absolute atomic E-state index is 13.9.